The van der Waals surface area contributed by atoms with Gasteiger partial charge in [-0.3, -0.25) is 4.98 Å². The van der Waals surface area contributed by atoms with Crippen LogP contribution in [0.2, 0.25) is 0 Å². The summed E-state index contributed by atoms with van der Waals surface area (Å²) in [6.45, 7) is 9.21. The molecule has 10 heteroatoms. The van der Waals surface area contributed by atoms with Gasteiger partial charge < -0.3 is 21.1 Å². The average Bonchev–Trinajstić information content (AvgIpc) is 3.35. The van der Waals surface area contributed by atoms with Crippen LogP contribution >= 0.6 is 0 Å². The van der Waals surface area contributed by atoms with Gasteiger partial charge in [-0.15, -0.1) is 0 Å². The molecule has 0 aliphatic heterocycles. The third-order valence-electron chi connectivity index (χ3n) is 5.83. The van der Waals surface area contributed by atoms with E-state index in [0.717, 1.165) is 18.4 Å². The van der Waals surface area contributed by atoms with Crippen LogP contribution in [0.25, 0.3) is 22.7 Å². The Morgan fingerprint density at radius 2 is 2.15 bits per heavy atom. The van der Waals surface area contributed by atoms with E-state index in [2.05, 4.69) is 45.3 Å². The molecule has 170 valence electrons. The molecule has 10 nitrogen and oxygen atoms in total. The van der Waals surface area contributed by atoms with Gasteiger partial charge in [-0.2, -0.15) is 10.1 Å². The standard InChI is InChI=1S/C23H26N8O2/c1-14(13-32)31-12-17(10-28-31)21-29-22(30-33-21)23(3,18-4-5-18)19-6-7-20(27-11-19)16(8-24)9-26-15(2)25/h6-12,18,32H,1-2,4-5,13,24-25H2,3H3/b16-8+,26-9?. The zero-order valence-corrected chi connectivity index (χ0v) is 18.3. The van der Waals surface area contributed by atoms with Crippen LogP contribution in [0, 0.1) is 5.92 Å². The first kappa shape index (κ1) is 22.2. The summed E-state index contributed by atoms with van der Waals surface area (Å²) in [5, 5.41) is 17.7. The van der Waals surface area contributed by atoms with E-state index in [0.29, 0.717) is 40.2 Å². The van der Waals surface area contributed by atoms with Gasteiger partial charge in [0, 0.05) is 30.4 Å². The average molecular weight is 447 g/mol. The first-order valence-corrected chi connectivity index (χ1v) is 10.4. The van der Waals surface area contributed by atoms with E-state index in [1.165, 1.54) is 17.1 Å². The molecule has 0 aromatic carbocycles. The Bertz CT molecular complexity index is 1230. The summed E-state index contributed by atoms with van der Waals surface area (Å²) in [4.78, 5) is 13.3. The number of allylic oxidation sites excluding steroid dienone is 1. The van der Waals surface area contributed by atoms with Gasteiger partial charge in [0.25, 0.3) is 5.89 Å². The fraction of sp³-hybridized carbons (Fsp3) is 0.261. The Labute approximate surface area is 191 Å². The number of aromatic nitrogens is 5. The van der Waals surface area contributed by atoms with Gasteiger partial charge in [0.1, 0.15) is 5.82 Å². The van der Waals surface area contributed by atoms with Gasteiger partial charge in [-0.1, -0.05) is 24.4 Å². The molecule has 5 N–H and O–H groups in total. The van der Waals surface area contributed by atoms with E-state index in [1.807, 2.05) is 18.3 Å². The second-order valence-electron chi connectivity index (χ2n) is 8.10. The Hall–Kier alpha value is -4.05. The van der Waals surface area contributed by atoms with Crippen LogP contribution in [0.5, 0.6) is 0 Å². The summed E-state index contributed by atoms with van der Waals surface area (Å²) in [5.41, 5.74) is 14.1. The maximum Gasteiger partial charge on any atom is 0.261 e. The van der Waals surface area contributed by atoms with Crippen molar-refractivity contribution in [1.82, 2.24) is 24.9 Å². The predicted molar refractivity (Wildman–Crippen MR) is 125 cm³/mol. The lowest BCUT2D eigenvalue weighted by atomic mass is 9.77. The Morgan fingerprint density at radius 3 is 2.76 bits per heavy atom. The molecule has 4 rings (SSSR count). The molecular formula is C23H26N8O2. The van der Waals surface area contributed by atoms with Gasteiger partial charge in [-0.25, -0.2) is 9.67 Å². The van der Waals surface area contributed by atoms with Crippen molar-refractivity contribution in [3.05, 3.63) is 73.0 Å². The maximum atomic E-state index is 9.25. The number of pyridine rings is 1. The van der Waals surface area contributed by atoms with Crippen LogP contribution in [0.4, 0.5) is 0 Å². The largest absolute Gasteiger partial charge is 0.404 e. The third kappa shape index (κ3) is 4.33. The van der Waals surface area contributed by atoms with Gasteiger partial charge in [-0.05, 0) is 37.3 Å². The second kappa shape index (κ2) is 8.83. The summed E-state index contributed by atoms with van der Waals surface area (Å²) in [5.74, 6) is 1.49. The summed E-state index contributed by atoms with van der Waals surface area (Å²) in [6, 6.07) is 3.88. The summed E-state index contributed by atoms with van der Waals surface area (Å²) < 4.78 is 7.05. The minimum absolute atomic E-state index is 0.186. The van der Waals surface area contributed by atoms with Crippen molar-refractivity contribution in [2.24, 2.45) is 22.4 Å². The van der Waals surface area contributed by atoms with Gasteiger partial charge >= 0.3 is 0 Å². The molecule has 1 fully saturated rings. The minimum Gasteiger partial charge on any atom is -0.404 e. The van der Waals surface area contributed by atoms with Crippen molar-refractivity contribution in [1.29, 1.82) is 0 Å². The van der Waals surface area contributed by atoms with E-state index in [9.17, 15) is 5.11 Å². The fourth-order valence-electron chi connectivity index (χ4n) is 3.66. The molecule has 3 heterocycles. The molecule has 1 saturated carbocycles. The Kier molecular flexibility index (Phi) is 5.93. The van der Waals surface area contributed by atoms with Crippen molar-refractivity contribution in [3.63, 3.8) is 0 Å². The topological polar surface area (TPSA) is 154 Å². The van der Waals surface area contributed by atoms with E-state index in [-0.39, 0.29) is 12.4 Å². The molecule has 1 unspecified atom stereocenters. The Morgan fingerprint density at radius 1 is 1.36 bits per heavy atom. The molecular weight excluding hydrogens is 420 g/mol. The number of nitrogens with two attached hydrogens (primary N) is 2. The van der Waals surface area contributed by atoms with Crippen molar-refractivity contribution >= 4 is 17.5 Å². The van der Waals surface area contributed by atoms with E-state index < -0.39 is 5.41 Å². The lowest BCUT2D eigenvalue weighted by molar-refractivity contribution is 0.342. The van der Waals surface area contributed by atoms with Crippen LogP contribution < -0.4 is 11.5 Å². The molecule has 0 spiro atoms. The lowest BCUT2D eigenvalue weighted by Crippen LogP contribution is -2.28. The molecule has 1 aliphatic carbocycles. The number of aliphatic hydroxyl groups is 1. The van der Waals surface area contributed by atoms with Crippen LogP contribution in [-0.2, 0) is 5.41 Å². The normalized spacial score (nSPS) is 16.1. The Balaban J connectivity index is 1.64. The highest BCUT2D eigenvalue weighted by molar-refractivity contribution is 6.09. The number of hydrogen-bond donors (Lipinski definition) is 3. The SMILES string of the molecule is C=C(N)N=C/C(=C\N)c1ccc(C(C)(c2noc(-c3cnn(C(=C)CO)c3)n2)C2CC2)cn1. The van der Waals surface area contributed by atoms with Crippen molar-refractivity contribution in [3.8, 4) is 11.5 Å². The van der Waals surface area contributed by atoms with E-state index >= 15 is 0 Å². The highest BCUT2D eigenvalue weighted by atomic mass is 16.5. The zero-order chi connectivity index (χ0) is 23.6. The van der Waals surface area contributed by atoms with Gasteiger partial charge in [0.05, 0.1) is 35.2 Å². The summed E-state index contributed by atoms with van der Waals surface area (Å²) >= 11 is 0. The van der Waals surface area contributed by atoms with Gasteiger partial charge in [0.15, 0.2) is 5.82 Å². The lowest BCUT2D eigenvalue weighted by Gasteiger charge is -2.26. The van der Waals surface area contributed by atoms with Crippen LogP contribution in [0.15, 0.2) is 65.4 Å². The van der Waals surface area contributed by atoms with Crippen molar-refractivity contribution < 1.29 is 9.63 Å². The number of rotatable bonds is 9. The molecule has 0 amide bonds. The van der Waals surface area contributed by atoms with Gasteiger partial charge in [0.2, 0.25) is 0 Å². The zero-order valence-electron chi connectivity index (χ0n) is 18.3. The molecule has 0 bridgehead atoms. The predicted octanol–water partition coefficient (Wildman–Crippen LogP) is 2.31. The van der Waals surface area contributed by atoms with Crippen LogP contribution in [0.1, 0.15) is 36.8 Å². The summed E-state index contributed by atoms with van der Waals surface area (Å²) in [6.07, 6.45) is 10.2. The molecule has 1 atom stereocenters. The molecule has 33 heavy (non-hydrogen) atoms. The number of aliphatic hydroxyl groups excluding tert-OH is 1. The quantitative estimate of drug-likeness (QED) is 0.423. The fourth-order valence-corrected chi connectivity index (χ4v) is 3.66. The monoisotopic (exact) mass is 446 g/mol. The van der Waals surface area contributed by atoms with Crippen molar-refractivity contribution in [2.75, 3.05) is 6.61 Å². The summed E-state index contributed by atoms with van der Waals surface area (Å²) in [7, 11) is 0. The molecule has 0 radical (unpaired) electrons. The highest BCUT2D eigenvalue weighted by Crippen LogP contribution is 2.50. The number of hydrogen-bond acceptors (Lipinski definition) is 9. The van der Waals surface area contributed by atoms with Crippen LogP contribution in [0.3, 0.4) is 0 Å². The van der Waals surface area contributed by atoms with E-state index in [4.69, 9.17) is 16.0 Å². The molecule has 0 saturated heterocycles. The molecule has 3 aromatic rings. The molecule has 1 aliphatic rings. The highest BCUT2D eigenvalue weighted by Gasteiger charge is 2.47. The second-order valence-corrected chi connectivity index (χ2v) is 8.10. The maximum absolute atomic E-state index is 9.25. The number of nitrogens with zero attached hydrogens (tertiary/aromatic N) is 6. The van der Waals surface area contributed by atoms with Crippen molar-refractivity contribution in [2.45, 2.75) is 25.2 Å². The third-order valence-corrected chi connectivity index (χ3v) is 5.83. The first-order chi connectivity index (χ1) is 15.9. The first-order valence-electron chi connectivity index (χ1n) is 10.4. The van der Waals surface area contributed by atoms with Crippen LogP contribution in [-0.4, -0.2) is 42.8 Å². The minimum atomic E-state index is -0.468. The van der Waals surface area contributed by atoms with E-state index in [1.54, 1.807) is 12.4 Å². The molecule has 3 aromatic heterocycles. The smallest absolute Gasteiger partial charge is 0.261 e. The number of aliphatic imine (C=N–C) groups is 1.